The Bertz CT molecular complexity index is 424. The summed E-state index contributed by atoms with van der Waals surface area (Å²) in [6, 6.07) is 7.97. The second-order valence-corrected chi connectivity index (χ2v) is 4.73. The summed E-state index contributed by atoms with van der Waals surface area (Å²) in [5.74, 6) is 0.599. The quantitative estimate of drug-likeness (QED) is 0.578. The molecule has 90 valence electrons. The predicted octanol–water partition coefficient (Wildman–Crippen LogP) is 2.85. The number of isocyanates is 1. The first-order chi connectivity index (χ1) is 8.29. The van der Waals surface area contributed by atoms with Crippen LogP contribution in [0.4, 0.5) is 5.69 Å². The number of likely N-dealkylation sites (tertiary alicyclic amines) is 1. The maximum atomic E-state index is 10.3. The maximum Gasteiger partial charge on any atom is 0.240 e. The molecule has 0 aliphatic carbocycles. The summed E-state index contributed by atoms with van der Waals surface area (Å²) in [5, 5.41) is 0. The average molecular weight is 230 g/mol. The van der Waals surface area contributed by atoms with Crippen molar-refractivity contribution in [2.75, 3.05) is 20.1 Å². The number of hydrogen-bond acceptors (Lipinski definition) is 3. The molecular formula is C14H18N2O. The molecule has 0 bridgehead atoms. The fraction of sp³-hybridized carbons (Fsp3) is 0.500. The summed E-state index contributed by atoms with van der Waals surface area (Å²) < 4.78 is 0. The molecule has 0 radical (unpaired) electrons. The second kappa shape index (κ2) is 5.76. The van der Waals surface area contributed by atoms with Crippen LogP contribution in [0.5, 0.6) is 0 Å². The van der Waals surface area contributed by atoms with E-state index in [1.165, 1.54) is 31.4 Å². The molecule has 1 aromatic rings. The lowest BCUT2D eigenvalue weighted by Gasteiger charge is -2.15. The molecule has 1 heterocycles. The van der Waals surface area contributed by atoms with Crippen LogP contribution in [0.3, 0.4) is 0 Å². The summed E-state index contributed by atoms with van der Waals surface area (Å²) in [5.41, 5.74) is 2.02. The molecule has 0 saturated carbocycles. The number of rotatable bonds is 2. The zero-order valence-electron chi connectivity index (χ0n) is 10.2. The van der Waals surface area contributed by atoms with Gasteiger partial charge in [0.2, 0.25) is 6.08 Å². The van der Waals surface area contributed by atoms with E-state index in [4.69, 9.17) is 0 Å². The van der Waals surface area contributed by atoms with Crippen molar-refractivity contribution in [3.05, 3.63) is 29.8 Å². The molecule has 17 heavy (non-hydrogen) atoms. The zero-order valence-corrected chi connectivity index (χ0v) is 10.2. The molecule has 0 N–H and O–H groups in total. The maximum absolute atomic E-state index is 10.3. The number of benzene rings is 1. The average Bonchev–Trinajstić information content (AvgIpc) is 2.55. The third kappa shape index (κ3) is 3.26. The summed E-state index contributed by atoms with van der Waals surface area (Å²) in [7, 11) is 2.18. The van der Waals surface area contributed by atoms with E-state index < -0.39 is 0 Å². The Hall–Kier alpha value is -1.44. The molecule has 2 rings (SSSR count). The Labute approximate surface area is 102 Å². The van der Waals surface area contributed by atoms with Gasteiger partial charge in [-0.2, -0.15) is 4.99 Å². The van der Waals surface area contributed by atoms with Crippen LogP contribution in [0, 0.1) is 0 Å². The molecule has 1 aliphatic heterocycles. The molecule has 0 amide bonds. The van der Waals surface area contributed by atoms with Crippen LogP contribution in [-0.2, 0) is 4.79 Å². The minimum Gasteiger partial charge on any atom is -0.306 e. The van der Waals surface area contributed by atoms with E-state index in [-0.39, 0.29) is 0 Å². The largest absolute Gasteiger partial charge is 0.306 e. The molecule has 1 fully saturated rings. The summed E-state index contributed by atoms with van der Waals surface area (Å²) in [6.45, 7) is 2.33. The topological polar surface area (TPSA) is 32.7 Å². The highest BCUT2D eigenvalue weighted by molar-refractivity contribution is 5.50. The van der Waals surface area contributed by atoms with Gasteiger partial charge >= 0.3 is 0 Å². The fourth-order valence-electron chi connectivity index (χ4n) is 2.47. The summed E-state index contributed by atoms with van der Waals surface area (Å²) in [4.78, 5) is 16.3. The first-order valence-corrected chi connectivity index (χ1v) is 6.16. The molecule has 1 atom stereocenters. The van der Waals surface area contributed by atoms with E-state index in [1.807, 2.05) is 18.2 Å². The molecule has 3 heteroatoms. The Morgan fingerprint density at radius 1 is 1.35 bits per heavy atom. The monoisotopic (exact) mass is 230 g/mol. The number of aliphatic imine (C=N–C) groups is 1. The Balaban J connectivity index is 2.15. The fourth-order valence-corrected chi connectivity index (χ4v) is 2.47. The first-order valence-electron chi connectivity index (χ1n) is 6.16. The SMILES string of the molecule is CN1CCCC(c2cccc(N=C=O)c2)CC1. The molecule has 1 aliphatic rings. The lowest BCUT2D eigenvalue weighted by molar-refractivity contribution is 0.347. The van der Waals surface area contributed by atoms with Gasteiger partial charge in [0.1, 0.15) is 0 Å². The minimum absolute atomic E-state index is 0.599. The van der Waals surface area contributed by atoms with Gasteiger partial charge in [-0.15, -0.1) is 0 Å². The predicted molar refractivity (Wildman–Crippen MR) is 68.3 cm³/mol. The standard InChI is InChI=1S/C14H18N2O/c1-16-8-3-5-12(7-9-16)13-4-2-6-14(10-13)15-11-17/h2,4,6,10,12H,3,5,7-9H2,1H3. The summed E-state index contributed by atoms with van der Waals surface area (Å²) in [6.07, 6.45) is 5.24. The smallest absolute Gasteiger partial charge is 0.240 e. The first kappa shape index (κ1) is 12.0. The molecule has 3 nitrogen and oxygen atoms in total. The van der Waals surface area contributed by atoms with E-state index in [9.17, 15) is 4.79 Å². The van der Waals surface area contributed by atoms with Gasteiger partial charge in [-0.1, -0.05) is 12.1 Å². The van der Waals surface area contributed by atoms with Gasteiger partial charge in [-0.05, 0) is 63.0 Å². The Morgan fingerprint density at radius 3 is 3.06 bits per heavy atom. The highest BCUT2D eigenvalue weighted by Crippen LogP contribution is 2.29. The van der Waals surface area contributed by atoms with Crippen LogP contribution in [0.15, 0.2) is 29.3 Å². The van der Waals surface area contributed by atoms with Crippen molar-refractivity contribution in [2.24, 2.45) is 4.99 Å². The normalized spacial score (nSPS) is 21.6. The van der Waals surface area contributed by atoms with Gasteiger partial charge in [0.15, 0.2) is 0 Å². The van der Waals surface area contributed by atoms with Gasteiger partial charge in [-0.3, -0.25) is 0 Å². The highest BCUT2D eigenvalue weighted by Gasteiger charge is 2.16. The molecule has 1 aromatic carbocycles. The van der Waals surface area contributed by atoms with Crippen LogP contribution < -0.4 is 0 Å². The Morgan fingerprint density at radius 2 is 2.24 bits per heavy atom. The van der Waals surface area contributed by atoms with Gasteiger partial charge in [0, 0.05) is 0 Å². The van der Waals surface area contributed by atoms with Gasteiger partial charge in [-0.25, -0.2) is 4.79 Å². The van der Waals surface area contributed by atoms with Gasteiger partial charge in [0.05, 0.1) is 5.69 Å². The second-order valence-electron chi connectivity index (χ2n) is 4.73. The Kier molecular flexibility index (Phi) is 4.08. The van der Waals surface area contributed by atoms with E-state index in [1.54, 1.807) is 6.08 Å². The third-order valence-corrected chi connectivity index (χ3v) is 3.47. The van der Waals surface area contributed by atoms with Crippen LogP contribution in [0.2, 0.25) is 0 Å². The zero-order chi connectivity index (χ0) is 12.1. The van der Waals surface area contributed by atoms with Crippen LogP contribution >= 0.6 is 0 Å². The summed E-state index contributed by atoms with van der Waals surface area (Å²) >= 11 is 0. The molecular weight excluding hydrogens is 212 g/mol. The van der Waals surface area contributed by atoms with E-state index >= 15 is 0 Å². The van der Waals surface area contributed by atoms with Gasteiger partial charge in [0.25, 0.3) is 0 Å². The van der Waals surface area contributed by atoms with Crippen molar-refractivity contribution in [3.8, 4) is 0 Å². The highest BCUT2D eigenvalue weighted by atomic mass is 16.1. The molecule has 0 aromatic heterocycles. The van der Waals surface area contributed by atoms with Crippen molar-refractivity contribution in [3.63, 3.8) is 0 Å². The van der Waals surface area contributed by atoms with Crippen molar-refractivity contribution in [1.29, 1.82) is 0 Å². The van der Waals surface area contributed by atoms with E-state index in [2.05, 4.69) is 23.0 Å². The van der Waals surface area contributed by atoms with Crippen LogP contribution in [0.25, 0.3) is 0 Å². The molecule has 0 spiro atoms. The molecule has 1 unspecified atom stereocenters. The van der Waals surface area contributed by atoms with Crippen molar-refractivity contribution < 1.29 is 4.79 Å². The van der Waals surface area contributed by atoms with Crippen molar-refractivity contribution >= 4 is 11.8 Å². The lowest BCUT2D eigenvalue weighted by Crippen LogP contribution is -2.18. The van der Waals surface area contributed by atoms with Crippen LogP contribution in [0.1, 0.15) is 30.7 Å². The lowest BCUT2D eigenvalue weighted by atomic mass is 9.92. The van der Waals surface area contributed by atoms with Crippen LogP contribution in [-0.4, -0.2) is 31.1 Å². The molecule has 1 saturated heterocycles. The number of hydrogen-bond donors (Lipinski definition) is 0. The third-order valence-electron chi connectivity index (χ3n) is 3.47. The van der Waals surface area contributed by atoms with Crippen molar-refractivity contribution in [2.45, 2.75) is 25.2 Å². The van der Waals surface area contributed by atoms with E-state index in [0.717, 1.165) is 12.2 Å². The number of carbonyl (C=O) groups excluding carboxylic acids is 1. The minimum atomic E-state index is 0.599. The number of nitrogens with zero attached hydrogens (tertiary/aromatic N) is 2. The van der Waals surface area contributed by atoms with E-state index in [0.29, 0.717) is 5.92 Å². The van der Waals surface area contributed by atoms with Crippen molar-refractivity contribution in [1.82, 2.24) is 4.90 Å². The van der Waals surface area contributed by atoms with Gasteiger partial charge < -0.3 is 4.90 Å².